The maximum absolute atomic E-state index is 12.2. The van der Waals surface area contributed by atoms with Crippen LogP contribution in [0.1, 0.15) is 23.0 Å². The minimum Gasteiger partial charge on any atom is -0.497 e. The summed E-state index contributed by atoms with van der Waals surface area (Å²) in [7, 11) is 1.67. The van der Waals surface area contributed by atoms with Gasteiger partial charge in [0.2, 0.25) is 0 Å². The van der Waals surface area contributed by atoms with Gasteiger partial charge in [0.1, 0.15) is 10.6 Å². The highest BCUT2D eigenvalue weighted by Gasteiger charge is 2.25. The average Bonchev–Trinajstić information content (AvgIpc) is 2.77. The second kappa shape index (κ2) is 5.32. The van der Waals surface area contributed by atoms with Crippen LogP contribution in [-0.2, 0) is 0 Å². The summed E-state index contributed by atoms with van der Waals surface area (Å²) in [5.41, 5.74) is 1.07. The molecule has 0 saturated carbocycles. The van der Waals surface area contributed by atoms with Gasteiger partial charge in [0.05, 0.1) is 12.8 Å². The molecule has 1 aromatic heterocycles. The van der Waals surface area contributed by atoms with Crippen LogP contribution in [0.25, 0.3) is 10.1 Å². The molecule has 0 spiro atoms. The summed E-state index contributed by atoms with van der Waals surface area (Å²) in [5.74, 6) is 0.873. The Balaban J connectivity index is 2.22. The lowest BCUT2D eigenvalue weighted by molar-refractivity contribution is 0.0962. The number of rotatable bonds is 3. The molecular weight excluding hydrogens is 272 g/mol. The number of benzene rings is 1. The van der Waals surface area contributed by atoms with Gasteiger partial charge in [-0.25, -0.2) is 0 Å². The van der Waals surface area contributed by atoms with Gasteiger partial charge in [-0.2, -0.15) is 0 Å². The van der Waals surface area contributed by atoms with Crippen molar-refractivity contribution < 1.29 is 9.53 Å². The van der Waals surface area contributed by atoms with E-state index in [4.69, 9.17) is 4.74 Å². The lowest BCUT2D eigenvalue weighted by Crippen LogP contribution is -2.30. The van der Waals surface area contributed by atoms with Crippen LogP contribution in [0.5, 0.6) is 5.75 Å². The van der Waals surface area contributed by atoms with Crippen molar-refractivity contribution in [3.8, 4) is 5.75 Å². The van der Waals surface area contributed by atoms with Gasteiger partial charge in [0.15, 0.2) is 0 Å². The van der Waals surface area contributed by atoms with E-state index in [9.17, 15) is 4.79 Å². The highest BCUT2D eigenvalue weighted by atomic mass is 32.1. The molecule has 2 aromatic rings. The molecule has 1 amide bonds. The van der Waals surface area contributed by atoms with E-state index < -0.39 is 0 Å². The van der Waals surface area contributed by atoms with Crippen LogP contribution in [0.3, 0.4) is 0 Å². The summed E-state index contributed by atoms with van der Waals surface area (Å²) in [6.45, 7) is 4.68. The van der Waals surface area contributed by atoms with Crippen LogP contribution in [0, 0.1) is 0 Å². The standard InChI is InChI=1S/C15H18N2O2S/c1-3-7-17-8-6-16-15(18)14-13(17)11-9-10(19-2)4-5-12(11)20-14/h4-5,9H,3,6-8H2,1-2H3,(H,16,18). The van der Waals surface area contributed by atoms with E-state index in [1.165, 1.54) is 0 Å². The summed E-state index contributed by atoms with van der Waals surface area (Å²) in [6, 6.07) is 6.01. The van der Waals surface area contributed by atoms with Crippen molar-refractivity contribution in [2.45, 2.75) is 13.3 Å². The molecular formula is C15H18N2O2S. The van der Waals surface area contributed by atoms with Crippen molar-refractivity contribution in [2.75, 3.05) is 31.6 Å². The van der Waals surface area contributed by atoms with Gasteiger partial charge in [-0.1, -0.05) is 6.92 Å². The molecule has 0 aliphatic carbocycles. The number of hydrogen-bond acceptors (Lipinski definition) is 4. The molecule has 1 aliphatic rings. The van der Waals surface area contributed by atoms with Crippen LogP contribution >= 0.6 is 11.3 Å². The maximum atomic E-state index is 12.2. The topological polar surface area (TPSA) is 41.6 Å². The summed E-state index contributed by atoms with van der Waals surface area (Å²) in [4.78, 5) is 15.4. The SMILES string of the molecule is CCCN1CCNC(=O)c2sc3ccc(OC)cc3c21. The predicted molar refractivity (Wildman–Crippen MR) is 83.2 cm³/mol. The Kier molecular flexibility index (Phi) is 3.53. The number of carbonyl (C=O) groups excluding carboxylic acids is 1. The zero-order valence-corrected chi connectivity index (χ0v) is 12.5. The van der Waals surface area contributed by atoms with Crippen molar-refractivity contribution in [1.82, 2.24) is 5.32 Å². The number of thiophene rings is 1. The maximum Gasteiger partial charge on any atom is 0.263 e. The number of fused-ring (bicyclic) bond motifs is 3. The monoisotopic (exact) mass is 290 g/mol. The third kappa shape index (κ3) is 2.12. The lowest BCUT2D eigenvalue weighted by Gasteiger charge is -2.22. The minimum atomic E-state index is 0.0405. The predicted octanol–water partition coefficient (Wildman–Crippen LogP) is 2.87. The summed E-state index contributed by atoms with van der Waals surface area (Å²) >= 11 is 1.56. The van der Waals surface area contributed by atoms with E-state index in [1.807, 2.05) is 18.2 Å². The van der Waals surface area contributed by atoms with Gasteiger partial charge < -0.3 is 15.0 Å². The van der Waals surface area contributed by atoms with Crippen LogP contribution in [-0.4, -0.2) is 32.7 Å². The van der Waals surface area contributed by atoms with Gasteiger partial charge in [0, 0.05) is 29.7 Å². The molecule has 1 N–H and O–H groups in total. The van der Waals surface area contributed by atoms with Crippen molar-refractivity contribution in [1.29, 1.82) is 0 Å². The number of carbonyl (C=O) groups is 1. The number of hydrogen-bond donors (Lipinski definition) is 1. The normalized spacial score (nSPS) is 14.9. The zero-order valence-electron chi connectivity index (χ0n) is 11.7. The van der Waals surface area contributed by atoms with Crippen LogP contribution in [0.2, 0.25) is 0 Å². The molecule has 0 fully saturated rings. The van der Waals surface area contributed by atoms with Crippen LogP contribution in [0.4, 0.5) is 5.69 Å². The van der Waals surface area contributed by atoms with E-state index >= 15 is 0 Å². The van der Waals surface area contributed by atoms with E-state index in [0.717, 1.165) is 45.9 Å². The molecule has 20 heavy (non-hydrogen) atoms. The first kappa shape index (κ1) is 13.2. The number of nitrogens with zero attached hydrogens (tertiary/aromatic N) is 1. The highest BCUT2D eigenvalue weighted by molar-refractivity contribution is 7.21. The molecule has 1 aliphatic heterocycles. The number of ether oxygens (including phenoxy) is 1. The fraction of sp³-hybridized carbons (Fsp3) is 0.400. The highest BCUT2D eigenvalue weighted by Crippen LogP contribution is 2.40. The summed E-state index contributed by atoms with van der Waals surface area (Å²) in [5, 5.41) is 4.10. The smallest absolute Gasteiger partial charge is 0.263 e. The quantitative estimate of drug-likeness (QED) is 0.945. The first-order valence-corrected chi connectivity index (χ1v) is 7.70. The Bertz CT molecular complexity index is 651. The minimum absolute atomic E-state index is 0.0405. The Hall–Kier alpha value is -1.75. The van der Waals surface area contributed by atoms with Gasteiger partial charge in [-0.05, 0) is 24.6 Å². The fourth-order valence-corrected chi connectivity index (χ4v) is 3.77. The Morgan fingerprint density at radius 1 is 1.45 bits per heavy atom. The average molecular weight is 290 g/mol. The first-order chi connectivity index (χ1) is 9.74. The van der Waals surface area contributed by atoms with Crippen LogP contribution in [0.15, 0.2) is 18.2 Å². The Labute approximate surface area is 122 Å². The molecule has 106 valence electrons. The van der Waals surface area contributed by atoms with Gasteiger partial charge in [-0.3, -0.25) is 4.79 Å². The number of methoxy groups -OCH3 is 1. The molecule has 5 heteroatoms. The largest absolute Gasteiger partial charge is 0.497 e. The third-order valence-electron chi connectivity index (χ3n) is 3.55. The Morgan fingerprint density at radius 2 is 2.30 bits per heavy atom. The molecule has 4 nitrogen and oxygen atoms in total. The molecule has 1 aromatic carbocycles. The molecule has 0 unspecified atom stereocenters. The zero-order chi connectivity index (χ0) is 14.1. The molecule has 0 bridgehead atoms. The molecule has 3 rings (SSSR count). The fourth-order valence-electron chi connectivity index (χ4n) is 2.65. The third-order valence-corrected chi connectivity index (χ3v) is 4.71. The van der Waals surface area contributed by atoms with E-state index in [2.05, 4.69) is 17.1 Å². The molecule has 2 heterocycles. The summed E-state index contributed by atoms with van der Waals surface area (Å²) < 4.78 is 6.45. The molecule has 0 atom stereocenters. The van der Waals surface area contributed by atoms with E-state index in [1.54, 1.807) is 18.4 Å². The van der Waals surface area contributed by atoms with E-state index in [-0.39, 0.29) is 5.91 Å². The number of nitrogens with one attached hydrogen (secondary N) is 1. The summed E-state index contributed by atoms with van der Waals surface area (Å²) in [6.07, 6.45) is 1.06. The second-order valence-corrected chi connectivity index (χ2v) is 5.94. The Morgan fingerprint density at radius 3 is 3.05 bits per heavy atom. The second-order valence-electron chi connectivity index (χ2n) is 4.88. The van der Waals surface area contributed by atoms with E-state index in [0.29, 0.717) is 6.54 Å². The van der Waals surface area contributed by atoms with Crippen molar-refractivity contribution in [3.05, 3.63) is 23.1 Å². The molecule has 0 saturated heterocycles. The molecule has 0 radical (unpaired) electrons. The van der Waals surface area contributed by atoms with Gasteiger partial charge in [0.25, 0.3) is 5.91 Å². The van der Waals surface area contributed by atoms with Crippen molar-refractivity contribution in [2.24, 2.45) is 0 Å². The first-order valence-electron chi connectivity index (χ1n) is 6.88. The van der Waals surface area contributed by atoms with Gasteiger partial charge >= 0.3 is 0 Å². The van der Waals surface area contributed by atoms with Crippen molar-refractivity contribution in [3.63, 3.8) is 0 Å². The number of anilines is 1. The lowest BCUT2D eigenvalue weighted by atomic mass is 10.2. The van der Waals surface area contributed by atoms with Crippen LogP contribution < -0.4 is 15.0 Å². The van der Waals surface area contributed by atoms with Gasteiger partial charge in [-0.15, -0.1) is 11.3 Å². The number of amides is 1. The van der Waals surface area contributed by atoms with Crippen molar-refractivity contribution >= 4 is 33.0 Å².